The first-order chi connectivity index (χ1) is 8.31. The maximum Gasteiger partial charge on any atom is 0.321 e. The van der Waals surface area contributed by atoms with Gasteiger partial charge in [-0.1, -0.05) is 24.6 Å². The topological polar surface area (TPSA) is 59.9 Å². The summed E-state index contributed by atoms with van der Waals surface area (Å²) in [5.41, 5.74) is 0. The van der Waals surface area contributed by atoms with E-state index in [1.54, 1.807) is 18.9 Å². The molecule has 0 aliphatic heterocycles. The average molecular weight is 254 g/mol. The van der Waals surface area contributed by atoms with Crippen molar-refractivity contribution >= 4 is 17.7 Å². The first-order valence-corrected chi connectivity index (χ1v) is 6.90. The van der Waals surface area contributed by atoms with Gasteiger partial charge in [0.1, 0.15) is 0 Å². The maximum atomic E-state index is 5.09. The van der Waals surface area contributed by atoms with Crippen LogP contribution in [0.3, 0.4) is 0 Å². The lowest BCUT2D eigenvalue weighted by molar-refractivity contribution is 0.373. The third-order valence-electron chi connectivity index (χ3n) is 2.69. The van der Waals surface area contributed by atoms with Gasteiger partial charge in [0.2, 0.25) is 5.95 Å². The fraction of sp³-hybridized carbons (Fsp3) is 0.727. The van der Waals surface area contributed by atoms with Crippen LogP contribution in [0.5, 0.6) is 6.01 Å². The molecule has 1 N–H and O–H groups in total. The van der Waals surface area contributed by atoms with E-state index in [1.807, 2.05) is 6.92 Å². The van der Waals surface area contributed by atoms with Crippen molar-refractivity contribution in [1.82, 2.24) is 15.0 Å². The van der Waals surface area contributed by atoms with Crippen molar-refractivity contribution in [1.29, 1.82) is 0 Å². The van der Waals surface area contributed by atoms with Crippen LogP contribution in [0.1, 0.15) is 32.6 Å². The Balaban J connectivity index is 2.10. The number of hydrogen-bond acceptors (Lipinski definition) is 6. The molecule has 0 spiro atoms. The molecule has 1 aromatic heterocycles. The Morgan fingerprint density at radius 2 is 2.06 bits per heavy atom. The highest BCUT2D eigenvalue weighted by molar-refractivity contribution is 7.99. The van der Waals surface area contributed by atoms with Crippen molar-refractivity contribution in [3.63, 3.8) is 0 Å². The number of nitrogens with zero attached hydrogens (tertiary/aromatic N) is 3. The van der Waals surface area contributed by atoms with Crippen LogP contribution in [0, 0.1) is 0 Å². The number of thioether (sulfide) groups is 1. The highest BCUT2D eigenvalue weighted by atomic mass is 32.2. The molecule has 1 aliphatic rings. The molecule has 1 aromatic rings. The predicted molar refractivity (Wildman–Crippen MR) is 68.7 cm³/mol. The largest absolute Gasteiger partial charge is 0.467 e. The Bertz CT molecular complexity index is 368. The van der Waals surface area contributed by atoms with Gasteiger partial charge in [0.05, 0.1) is 7.11 Å². The number of aromatic nitrogens is 3. The molecule has 1 heterocycles. The van der Waals surface area contributed by atoms with Gasteiger partial charge in [0.15, 0.2) is 5.16 Å². The monoisotopic (exact) mass is 254 g/mol. The molecule has 5 nitrogen and oxygen atoms in total. The minimum absolute atomic E-state index is 0.386. The highest BCUT2D eigenvalue weighted by Gasteiger charge is 2.18. The Labute approximate surface area is 106 Å². The van der Waals surface area contributed by atoms with Crippen molar-refractivity contribution in [2.24, 2.45) is 0 Å². The van der Waals surface area contributed by atoms with Crippen LogP contribution in [-0.4, -0.2) is 33.9 Å². The average Bonchev–Trinajstić information content (AvgIpc) is 2.82. The first kappa shape index (κ1) is 12.4. The van der Waals surface area contributed by atoms with E-state index in [9.17, 15) is 0 Å². The maximum absolute atomic E-state index is 5.09. The van der Waals surface area contributed by atoms with E-state index in [0.29, 0.717) is 17.2 Å². The van der Waals surface area contributed by atoms with Gasteiger partial charge in [0.25, 0.3) is 0 Å². The van der Waals surface area contributed by atoms with Crippen molar-refractivity contribution < 1.29 is 4.74 Å². The molecule has 2 rings (SSSR count). The molecular weight excluding hydrogens is 236 g/mol. The van der Waals surface area contributed by atoms with Crippen LogP contribution in [0.2, 0.25) is 0 Å². The van der Waals surface area contributed by atoms with Gasteiger partial charge in [-0.15, -0.1) is 0 Å². The van der Waals surface area contributed by atoms with E-state index in [-0.39, 0.29) is 0 Å². The SMILES string of the molecule is CCNc1nc(OC)nc(SC2CCCC2)n1. The Hall–Kier alpha value is -1.04. The first-order valence-electron chi connectivity index (χ1n) is 6.02. The molecule has 0 saturated heterocycles. The minimum atomic E-state index is 0.386. The number of nitrogens with one attached hydrogen (secondary N) is 1. The summed E-state index contributed by atoms with van der Waals surface area (Å²) in [5.74, 6) is 0.597. The molecule has 0 atom stereocenters. The molecule has 17 heavy (non-hydrogen) atoms. The van der Waals surface area contributed by atoms with Crippen LogP contribution in [-0.2, 0) is 0 Å². The zero-order valence-corrected chi connectivity index (χ0v) is 11.1. The Kier molecular flexibility index (Phi) is 4.42. The van der Waals surface area contributed by atoms with Crippen molar-refractivity contribution in [2.75, 3.05) is 19.0 Å². The Morgan fingerprint density at radius 3 is 2.71 bits per heavy atom. The molecule has 0 unspecified atom stereocenters. The number of ether oxygens (including phenoxy) is 1. The molecule has 0 amide bonds. The number of methoxy groups -OCH3 is 1. The van der Waals surface area contributed by atoms with Gasteiger partial charge in [-0.25, -0.2) is 0 Å². The van der Waals surface area contributed by atoms with Gasteiger partial charge < -0.3 is 10.1 Å². The number of hydrogen-bond donors (Lipinski definition) is 1. The summed E-state index contributed by atoms with van der Waals surface area (Å²) < 4.78 is 5.09. The quantitative estimate of drug-likeness (QED) is 0.870. The second kappa shape index (κ2) is 6.05. The third kappa shape index (κ3) is 3.46. The van der Waals surface area contributed by atoms with Crippen LogP contribution >= 0.6 is 11.8 Å². The fourth-order valence-corrected chi connectivity index (χ4v) is 3.01. The van der Waals surface area contributed by atoms with Crippen LogP contribution < -0.4 is 10.1 Å². The molecule has 0 aromatic carbocycles. The smallest absolute Gasteiger partial charge is 0.321 e. The van der Waals surface area contributed by atoms with Crippen molar-refractivity contribution in [3.8, 4) is 6.01 Å². The predicted octanol–water partition coefficient (Wildman–Crippen LogP) is 2.35. The van der Waals surface area contributed by atoms with Gasteiger partial charge in [-0.3, -0.25) is 0 Å². The number of rotatable bonds is 5. The molecule has 6 heteroatoms. The lowest BCUT2D eigenvalue weighted by Gasteiger charge is -2.09. The standard InChI is InChI=1S/C11H18N4OS/c1-3-12-9-13-10(16-2)15-11(14-9)17-8-6-4-5-7-8/h8H,3-7H2,1-2H3,(H,12,13,14,15). The van der Waals surface area contributed by atoms with E-state index in [4.69, 9.17) is 4.74 Å². The molecule has 0 bridgehead atoms. The number of anilines is 1. The normalized spacial score (nSPS) is 16.1. The van der Waals surface area contributed by atoms with Crippen molar-refractivity contribution in [2.45, 2.75) is 43.0 Å². The highest BCUT2D eigenvalue weighted by Crippen LogP contribution is 2.33. The van der Waals surface area contributed by atoms with E-state index in [0.717, 1.165) is 11.7 Å². The summed E-state index contributed by atoms with van der Waals surface area (Å²) in [6, 6.07) is 0.386. The zero-order valence-electron chi connectivity index (χ0n) is 10.3. The van der Waals surface area contributed by atoms with Gasteiger partial charge in [-0.2, -0.15) is 15.0 Å². The molecule has 1 saturated carbocycles. The fourth-order valence-electron chi connectivity index (χ4n) is 1.87. The summed E-state index contributed by atoms with van der Waals surface area (Å²) in [7, 11) is 1.58. The second-order valence-corrected chi connectivity index (χ2v) is 5.25. The van der Waals surface area contributed by atoms with Gasteiger partial charge >= 0.3 is 6.01 Å². The van der Waals surface area contributed by atoms with E-state index in [1.165, 1.54) is 25.7 Å². The minimum Gasteiger partial charge on any atom is -0.467 e. The van der Waals surface area contributed by atoms with E-state index >= 15 is 0 Å². The van der Waals surface area contributed by atoms with Crippen molar-refractivity contribution in [3.05, 3.63) is 0 Å². The van der Waals surface area contributed by atoms with Gasteiger partial charge in [-0.05, 0) is 19.8 Å². The summed E-state index contributed by atoms with van der Waals surface area (Å²) in [5, 5.41) is 4.51. The molecule has 1 fully saturated rings. The summed E-state index contributed by atoms with van der Waals surface area (Å²) in [4.78, 5) is 12.8. The molecular formula is C11H18N4OS. The van der Waals surface area contributed by atoms with Crippen LogP contribution in [0.15, 0.2) is 5.16 Å². The summed E-state index contributed by atoms with van der Waals surface area (Å²) >= 11 is 1.74. The van der Waals surface area contributed by atoms with E-state index < -0.39 is 0 Å². The van der Waals surface area contributed by atoms with E-state index in [2.05, 4.69) is 20.3 Å². The van der Waals surface area contributed by atoms with Crippen LogP contribution in [0.4, 0.5) is 5.95 Å². The summed E-state index contributed by atoms with van der Waals surface area (Å²) in [6.07, 6.45) is 5.16. The Morgan fingerprint density at radius 1 is 1.29 bits per heavy atom. The molecule has 0 radical (unpaired) electrons. The molecule has 94 valence electrons. The molecule has 1 aliphatic carbocycles. The summed E-state index contributed by atoms with van der Waals surface area (Å²) in [6.45, 7) is 2.81. The van der Waals surface area contributed by atoms with Crippen LogP contribution in [0.25, 0.3) is 0 Å². The van der Waals surface area contributed by atoms with Gasteiger partial charge in [0, 0.05) is 11.8 Å². The lowest BCUT2D eigenvalue weighted by atomic mass is 10.4. The third-order valence-corrected chi connectivity index (χ3v) is 3.88. The zero-order chi connectivity index (χ0) is 12.1. The second-order valence-electron chi connectivity index (χ2n) is 3.98. The lowest BCUT2D eigenvalue weighted by Crippen LogP contribution is -2.07.